The number of nitrogens with one attached hydrogen (secondary N) is 1. The standard InChI is InChI=1S/C16H23NO/c1-3-18-16-10-6-14(7-11-16)13(2)5-4-12-17-15-8-9-15/h5-7,10-11,15,17H,3-4,8-9,12H2,1-2H3. The van der Waals surface area contributed by atoms with Gasteiger partial charge >= 0.3 is 0 Å². The van der Waals surface area contributed by atoms with Gasteiger partial charge in [0, 0.05) is 6.04 Å². The minimum Gasteiger partial charge on any atom is -0.494 e. The molecule has 98 valence electrons. The first kappa shape index (κ1) is 13.2. The first-order chi connectivity index (χ1) is 8.79. The highest BCUT2D eigenvalue weighted by Crippen LogP contribution is 2.20. The molecule has 0 amide bonds. The molecular formula is C16H23NO. The summed E-state index contributed by atoms with van der Waals surface area (Å²) >= 11 is 0. The third kappa shape index (κ3) is 4.19. The maximum Gasteiger partial charge on any atom is 0.119 e. The lowest BCUT2D eigenvalue weighted by atomic mass is 10.1. The van der Waals surface area contributed by atoms with E-state index in [4.69, 9.17) is 4.74 Å². The second-order valence-corrected chi connectivity index (χ2v) is 4.86. The number of benzene rings is 1. The number of rotatable bonds is 7. The molecule has 1 fully saturated rings. The van der Waals surface area contributed by atoms with E-state index in [1.807, 2.05) is 19.1 Å². The van der Waals surface area contributed by atoms with Gasteiger partial charge in [0.05, 0.1) is 6.61 Å². The Morgan fingerprint density at radius 3 is 2.67 bits per heavy atom. The molecular weight excluding hydrogens is 222 g/mol. The molecule has 1 aromatic rings. The Kier molecular flexibility index (Phi) is 4.82. The zero-order valence-corrected chi connectivity index (χ0v) is 11.4. The average molecular weight is 245 g/mol. The molecule has 1 saturated carbocycles. The molecule has 0 saturated heterocycles. The van der Waals surface area contributed by atoms with E-state index in [-0.39, 0.29) is 0 Å². The van der Waals surface area contributed by atoms with E-state index in [9.17, 15) is 0 Å². The monoisotopic (exact) mass is 245 g/mol. The second kappa shape index (κ2) is 6.60. The Morgan fingerprint density at radius 1 is 1.33 bits per heavy atom. The van der Waals surface area contributed by atoms with Crippen LogP contribution in [0.3, 0.4) is 0 Å². The molecule has 0 heterocycles. The highest BCUT2D eigenvalue weighted by molar-refractivity contribution is 5.64. The van der Waals surface area contributed by atoms with Crippen LogP contribution in [0, 0.1) is 0 Å². The Balaban J connectivity index is 1.82. The molecule has 0 aromatic heterocycles. The topological polar surface area (TPSA) is 21.3 Å². The summed E-state index contributed by atoms with van der Waals surface area (Å²) in [6.07, 6.45) is 6.14. The van der Waals surface area contributed by atoms with E-state index in [2.05, 4.69) is 30.4 Å². The van der Waals surface area contributed by atoms with Crippen LogP contribution in [0.4, 0.5) is 0 Å². The zero-order valence-electron chi connectivity index (χ0n) is 11.4. The second-order valence-electron chi connectivity index (χ2n) is 4.86. The van der Waals surface area contributed by atoms with E-state index in [1.54, 1.807) is 0 Å². The van der Waals surface area contributed by atoms with Gasteiger partial charge in [-0.05, 0) is 62.9 Å². The van der Waals surface area contributed by atoms with Gasteiger partial charge < -0.3 is 10.1 Å². The minimum atomic E-state index is 0.723. The van der Waals surface area contributed by atoms with Gasteiger partial charge in [-0.3, -0.25) is 0 Å². The van der Waals surface area contributed by atoms with E-state index >= 15 is 0 Å². The molecule has 0 aliphatic heterocycles. The van der Waals surface area contributed by atoms with Crippen molar-refractivity contribution in [2.45, 2.75) is 39.2 Å². The summed E-state index contributed by atoms with van der Waals surface area (Å²) in [6, 6.07) is 9.15. The van der Waals surface area contributed by atoms with E-state index < -0.39 is 0 Å². The van der Waals surface area contributed by atoms with Crippen molar-refractivity contribution in [3.63, 3.8) is 0 Å². The fourth-order valence-corrected chi connectivity index (χ4v) is 1.96. The van der Waals surface area contributed by atoms with Gasteiger partial charge in [-0.1, -0.05) is 18.2 Å². The van der Waals surface area contributed by atoms with Crippen LogP contribution in [0.25, 0.3) is 5.57 Å². The van der Waals surface area contributed by atoms with Crippen LogP contribution in [-0.2, 0) is 0 Å². The Labute approximate surface area is 110 Å². The fraction of sp³-hybridized carbons (Fsp3) is 0.500. The maximum absolute atomic E-state index is 5.44. The lowest BCUT2D eigenvalue weighted by Crippen LogP contribution is -2.16. The van der Waals surface area contributed by atoms with Crippen molar-refractivity contribution < 1.29 is 4.74 Å². The van der Waals surface area contributed by atoms with Crippen molar-refractivity contribution in [2.24, 2.45) is 0 Å². The van der Waals surface area contributed by atoms with Gasteiger partial charge in [0.15, 0.2) is 0 Å². The van der Waals surface area contributed by atoms with Crippen molar-refractivity contribution in [1.82, 2.24) is 5.32 Å². The molecule has 2 nitrogen and oxygen atoms in total. The maximum atomic E-state index is 5.44. The van der Waals surface area contributed by atoms with Crippen LogP contribution in [0.2, 0.25) is 0 Å². The van der Waals surface area contributed by atoms with Crippen LogP contribution in [0.1, 0.15) is 38.7 Å². The van der Waals surface area contributed by atoms with Gasteiger partial charge in [0.25, 0.3) is 0 Å². The third-order valence-corrected chi connectivity index (χ3v) is 3.23. The first-order valence-corrected chi connectivity index (χ1v) is 6.93. The zero-order chi connectivity index (χ0) is 12.8. The average Bonchev–Trinajstić information content (AvgIpc) is 3.20. The summed E-state index contributed by atoms with van der Waals surface area (Å²) in [5.41, 5.74) is 2.63. The Morgan fingerprint density at radius 2 is 2.06 bits per heavy atom. The molecule has 1 aromatic carbocycles. The predicted molar refractivity (Wildman–Crippen MR) is 76.9 cm³/mol. The molecule has 1 aliphatic rings. The Hall–Kier alpha value is -1.28. The van der Waals surface area contributed by atoms with Gasteiger partial charge in [-0.15, -0.1) is 0 Å². The smallest absolute Gasteiger partial charge is 0.119 e. The molecule has 0 radical (unpaired) electrons. The number of ether oxygens (including phenoxy) is 1. The number of allylic oxidation sites excluding steroid dienone is 1. The van der Waals surface area contributed by atoms with E-state index in [1.165, 1.54) is 24.0 Å². The van der Waals surface area contributed by atoms with Crippen molar-refractivity contribution in [1.29, 1.82) is 0 Å². The molecule has 1 N–H and O–H groups in total. The predicted octanol–water partition coefficient (Wildman–Crippen LogP) is 3.63. The SMILES string of the molecule is CCOc1ccc(C(C)=CCCNC2CC2)cc1. The van der Waals surface area contributed by atoms with Crippen LogP contribution in [0.15, 0.2) is 30.3 Å². The molecule has 18 heavy (non-hydrogen) atoms. The van der Waals surface area contributed by atoms with Crippen molar-refractivity contribution in [3.8, 4) is 5.75 Å². The third-order valence-electron chi connectivity index (χ3n) is 3.23. The molecule has 2 rings (SSSR count). The van der Waals surface area contributed by atoms with Gasteiger partial charge in [0.1, 0.15) is 5.75 Å². The lowest BCUT2D eigenvalue weighted by Gasteiger charge is -2.06. The van der Waals surface area contributed by atoms with E-state index in [0.717, 1.165) is 31.4 Å². The van der Waals surface area contributed by atoms with Crippen LogP contribution in [-0.4, -0.2) is 19.2 Å². The summed E-state index contributed by atoms with van der Waals surface area (Å²) in [7, 11) is 0. The largest absolute Gasteiger partial charge is 0.494 e. The quantitative estimate of drug-likeness (QED) is 0.741. The van der Waals surface area contributed by atoms with Crippen molar-refractivity contribution >= 4 is 5.57 Å². The highest BCUT2D eigenvalue weighted by Gasteiger charge is 2.19. The molecule has 2 heteroatoms. The molecule has 0 bridgehead atoms. The molecule has 0 atom stereocenters. The molecule has 0 unspecified atom stereocenters. The number of hydrogen-bond donors (Lipinski definition) is 1. The minimum absolute atomic E-state index is 0.723. The Bertz CT molecular complexity index is 390. The van der Waals surface area contributed by atoms with Gasteiger partial charge in [0.2, 0.25) is 0 Å². The summed E-state index contributed by atoms with van der Waals surface area (Å²) in [5.74, 6) is 0.949. The van der Waals surface area contributed by atoms with E-state index in [0.29, 0.717) is 0 Å². The molecule has 0 spiro atoms. The normalized spacial score (nSPS) is 15.8. The lowest BCUT2D eigenvalue weighted by molar-refractivity contribution is 0.340. The van der Waals surface area contributed by atoms with Crippen LogP contribution < -0.4 is 10.1 Å². The fourth-order valence-electron chi connectivity index (χ4n) is 1.96. The van der Waals surface area contributed by atoms with Gasteiger partial charge in [-0.2, -0.15) is 0 Å². The highest BCUT2D eigenvalue weighted by atomic mass is 16.5. The van der Waals surface area contributed by atoms with Crippen molar-refractivity contribution in [3.05, 3.63) is 35.9 Å². The van der Waals surface area contributed by atoms with Crippen LogP contribution in [0.5, 0.6) is 5.75 Å². The number of hydrogen-bond acceptors (Lipinski definition) is 2. The summed E-state index contributed by atoms with van der Waals surface area (Å²) in [5, 5.41) is 3.52. The summed E-state index contributed by atoms with van der Waals surface area (Å²) < 4.78 is 5.44. The first-order valence-electron chi connectivity index (χ1n) is 6.93. The summed E-state index contributed by atoms with van der Waals surface area (Å²) in [4.78, 5) is 0. The summed E-state index contributed by atoms with van der Waals surface area (Å²) in [6.45, 7) is 6.00. The van der Waals surface area contributed by atoms with Gasteiger partial charge in [-0.25, -0.2) is 0 Å². The van der Waals surface area contributed by atoms with Crippen LogP contribution >= 0.6 is 0 Å². The van der Waals surface area contributed by atoms with Crippen molar-refractivity contribution in [2.75, 3.05) is 13.2 Å². The molecule has 1 aliphatic carbocycles.